The van der Waals surface area contributed by atoms with E-state index >= 15 is 0 Å². The number of carbonyl (C=O) groups excluding carboxylic acids is 2. The number of nitrogens with zero attached hydrogens (tertiary/aromatic N) is 1. The molecule has 0 aliphatic carbocycles. The van der Waals surface area contributed by atoms with E-state index in [1.54, 1.807) is 12.1 Å². The average Bonchev–Trinajstić information content (AvgIpc) is 2.97. The van der Waals surface area contributed by atoms with Crippen LogP contribution in [-0.4, -0.2) is 23.1 Å². The van der Waals surface area contributed by atoms with Gasteiger partial charge < -0.3 is 14.6 Å². The maximum atomic E-state index is 12.2. The number of rotatable bonds is 5. The third kappa shape index (κ3) is 4.49. The zero-order chi connectivity index (χ0) is 20.3. The Morgan fingerprint density at radius 1 is 0.857 bits per heavy atom. The quantitative estimate of drug-likeness (QED) is 0.667. The lowest BCUT2D eigenvalue weighted by Gasteiger charge is -2.11. The van der Waals surface area contributed by atoms with E-state index < -0.39 is 5.97 Å². The van der Waals surface area contributed by atoms with Gasteiger partial charge in [0.15, 0.2) is 6.61 Å². The zero-order valence-corrected chi connectivity index (χ0v) is 16.6. The van der Waals surface area contributed by atoms with Crippen LogP contribution in [0.1, 0.15) is 32.9 Å². The number of aryl methyl sites for hydroxylation is 4. The van der Waals surface area contributed by atoms with Crippen LogP contribution in [0.2, 0.25) is 0 Å². The molecule has 0 saturated carbocycles. The monoisotopic (exact) mass is 376 g/mol. The lowest BCUT2D eigenvalue weighted by Crippen LogP contribution is -2.21. The minimum absolute atomic E-state index is 0.330. The normalized spacial score (nSPS) is 10.6. The molecule has 0 saturated heterocycles. The van der Waals surface area contributed by atoms with E-state index in [-0.39, 0.29) is 12.5 Å². The van der Waals surface area contributed by atoms with Gasteiger partial charge in [-0.25, -0.2) is 4.79 Å². The van der Waals surface area contributed by atoms with Gasteiger partial charge in [-0.2, -0.15) is 0 Å². The topological polar surface area (TPSA) is 60.3 Å². The highest BCUT2D eigenvalue weighted by molar-refractivity contribution is 5.95. The van der Waals surface area contributed by atoms with E-state index in [4.69, 9.17) is 4.74 Å². The zero-order valence-electron chi connectivity index (χ0n) is 16.6. The summed E-state index contributed by atoms with van der Waals surface area (Å²) in [5, 5.41) is 2.75. The van der Waals surface area contributed by atoms with Gasteiger partial charge in [-0.15, -0.1) is 0 Å². The highest BCUT2D eigenvalue weighted by Crippen LogP contribution is 2.17. The second-order valence-electron chi connectivity index (χ2n) is 7.00. The molecule has 0 bridgehead atoms. The Bertz CT molecular complexity index is 977. The molecule has 5 nitrogen and oxygen atoms in total. The molecular formula is C23H24N2O3. The molecule has 5 heteroatoms. The molecule has 0 aliphatic rings. The molecule has 1 heterocycles. The lowest BCUT2D eigenvalue weighted by atomic mass is 10.1. The van der Waals surface area contributed by atoms with E-state index in [0.29, 0.717) is 11.3 Å². The lowest BCUT2D eigenvalue weighted by molar-refractivity contribution is -0.119. The van der Waals surface area contributed by atoms with Crippen LogP contribution in [-0.2, 0) is 9.53 Å². The molecule has 28 heavy (non-hydrogen) atoms. The summed E-state index contributed by atoms with van der Waals surface area (Å²) in [5.41, 5.74) is 6.43. The van der Waals surface area contributed by atoms with Crippen molar-refractivity contribution in [2.45, 2.75) is 27.7 Å². The first-order valence-corrected chi connectivity index (χ1v) is 9.14. The van der Waals surface area contributed by atoms with Gasteiger partial charge in [0.25, 0.3) is 5.91 Å². The summed E-state index contributed by atoms with van der Waals surface area (Å²) < 4.78 is 7.25. The van der Waals surface area contributed by atoms with Gasteiger partial charge in [-0.3, -0.25) is 4.79 Å². The number of esters is 1. The maximum Gasteiger partial charge on any atom is 0.338 e. The molecule has 0 radical (unpaired) electrons. The van der Waals surface area contributed by atoms with E-state index in [2.05, 4.69) is 9.88 Å². The molecule has 3 aromatic rings. The largest absolute Gasteiger partial charge is 0.452 e. The highest BCUT2D eigenvalue weighted by atomic mass is 16.5. The van der Waals surface area contributed by atoms with E-state index in [1.165, 1.54) is 0 Å². The van der Waals surface area contributed by atoms with Crippen LogP contribution in [0.5, 0.6) is 0 Å². The van der Waals surface area contributed by atoms with Crippen LogP contribution >= 0.6 is 0 Å². The van der Waals surface area contributed by atoms with Gasteiger partial charge in [-0.05, 0) is 87.4 Å². The number of anilines is 1. The van der Waals surface area contributed by atoms with Crippen molar-refractivity contribution < 1.29 is 14.3 Å². The molecule has 2 aromatic carbocycles. The summed E-state index contributed by atoms with van der Waals surface area (Å²) in [6.45, 7) is 7.66. The fourth-order valence-corrected chi connectivity index (χ4v) is 3.28. The summed E-state index contributed by atoms with van der Waals surface area (Å²) in [6, 6.07) is 17.0. The summed E-state index contributed by atoms with van der Waals surface area (Å²) in [6.07, 6.45) is 0. The Hall–Kier alpha value is -3.34. The number of aromatic nitrogens is 1. The van der Waals surface area contributed by atoms with E-state index in [9.17, 15) is 9.59 Å². The number of benzene rings is 2. The van der Waals surface area contributed by atoms with Crippen LogP contribution in [0, 0.1) is 27.7 Å². The summed E-state index contributed by atoms with van der Waals surface area (Å²) in [7, 11) is 0. The van der Waals surface area contributed by atoms with Crippen molar-refractivity contribution in [2.75, 3.05) is 11.9 Å². The molecule has 1 N–H and O–H groups in total. The standard InChI is InChI=1S/C23H24N2O3/c1-15-11-16(2)13-20(12-15)24-22(26)14-28-23(27)19-7-9-21(10-8-19)25-17(3)5-6-18(25)4/h5-13H,14H2,1-4H3,(H,24,26). The van der Waals surface area contributed by atoms with Crippen LogP contribution in [0.4, 0.5) is 5.69 Å². The van der Waals surface area contributed by atoms with Gasteiger partial charge in [0, 0.05) is 22.8 Å². The Kier molecular flexibility index (Phi) is 5.64. The molecule has 0 spiro atoms. The fraction of sp³-hybridized carbons (Fsp3) is 0.217. The van der Waals surface area contributed by atoms with Gasteiger partial charge in [0.1, 0.15) is 0 Å². The molecule has 144 valence electrons. The minimum atomic E-state index is -0.525. The maximum absolute atomic E-state index is 12.2. The van der Waals surface area contributed by atoms with Crippen molar-refractivity contribution in [1.29, 1.82) is 0 Å². The Morgan fingerprint density at radius 3 is 2.00 bits per heavy atom. The van der Waals surface area contributed by atoms with Crippen molar-refractivity contribution in [3.63, 3.8) is 0 Å². The van der Waals surface area contributed by atoms with Crippen LogP contribution in [0.25, 0.3) is 5.69 Å². The molecule has 0 unspecified atom stereocenters. The highest BCUT2D eigenvalue weighted by Gasteiger charge is 2.12. The SMILES string of the molecule is Cc1cc(C)cc(NC(=O)COC(=O)c2ccc(-n3c(C)ccc3C)cc2)c1. The molecule has 1 aromatic heterocycles. The number of hydrogen-bond acceptors (Lipinski definition) is 3. The third-order valence-corrected chi connectivity index (χ3v) is 4.47. The van der Waals surface area contributed by atoms with E-state index in [1.807, 2.05) is 70.2 Å². The minimum Gasteiger partial charge on any atom is -0.452 e. The van der Waals surface area contributed by atoms with Crippen molar-refractivity contribution in [2.24, 2.45) is 0 Å². The van der Waals surface area contributed by atoms with Crippen molar-refractivity contribution >= 4 is 17.6 Å². The predicted molar refractivity (Wildman–Crippen MR) is 110 cm³/mol. The number of ether oxygens (including phenoxy) is 1. The first-order chi connectivity index (χ1) is 13.3. The second-order valence-corrected chi connectivity index (χ2v) is 7.00. The Labute approximate surface area is 165 Å². The average molecular weight is 376 g/mol. The molecule has 0 aliphatic heterocycles. The number of carbonyl (C=O) groups is 2. The number of hydrogen-bond donors (Lipinski definition) is 1. The fourth-order valence-electron chi connectivity index (χ4n) is 3.28. The van der Waals surface area contributed by atoms with E-state index in [0.717, 1.165) is 28.2 Å². The second kappa shape index (κ2) is 8.13. The third-order valence-electron chi connectivity index (χ3n) is 4.47. The summed E-state index contributed by atoms with van der Waals surface area (Å²) >= 11 is 0. The van der Waals surface area contributed by atoms with Crippen LogP contribution in [0.15, 0.2) is 54.6 Å². The van der Waals surface area contributed by atoms with Crippen molar-refractivity contribution in [3.05, 3.63) is 82.7 Å². The van der Waals surface area contributed by atoms with Gasteiger partial charge >= 0.3 is 5.97 Å². The Balaban J connectivity index is 1.59. The molecule has 3 rings (SSSR count). The number of amides is 1. The van der Waals surface area contributed by atoms with Crippen molar-refractivity contribution in [3.8, 4) is 5.69 Å². The summed E-state index contributed by atoms with van der Waals surface area (Å²) in [5.74, 6) is -0.892. The van der Waals surface area contributed by atoms with Crippen LogP contribution in [0.3, 0.4) is 0 Å². The first kappa shape index (κ1) is 19.4. The molecule has 0 fully saturated rings. The molecule has 0 atom stereocenters. The van der Waals surface area contributed by atoms with Crippen LogP contribution < -0.4 is 5.32 Å². The predicted octanol–water partition coefficient (Wildman–Crippen LogP) is 4.51. The van der Waals surface area contributed by atoms with Crippen molar-refractivity contribution in [1.82, 2.24) is 4.57 Å². The molecule has 1 amide bonds. The van der Waals surface area contributed by atoms with Gasteiger partial charge in [0.05, 0.1) is 5.56 Å². The smallest absolute Gasteiger partial charge is 0.338 e. The molecular weight excluding hydrogens is 352 g/mol. The summed E-state index contributed by atoms with van der Waals surface area (Å²) in [4.78, 5) is 24.3. The van der Waals surface area contributed by atoms with Gasteiger partial charge in [-0.1, -0.05) is 6.07 Å². The number of nitrogens with one attached hydrogen (secondary N) is 1. The Morgan fingerprint density at radius 2 is 1.43 bits per heavy atom. The van der Waals surface area contributed by atoms with Gasteiger partial charge in [0.2, 0.25) is 0 Å². The first-order valence-electron chi connectivity index (χ1n) is 9.14.